The first-order valence-electron chi connectivity index (χ1n) is 6.04. The maximum Gasteiger partial charge on any atom is 0.0311 e. The van der Waals surface area contributed by atoms with Crippen LogP contribution in [0.5, 0.6) is 0 Å². The van der Waals surface area contributed by atoms with Crippen molar-refractivity contribution in [3.8, 4) is 11.1 Å². The summed E-state index contributed by atoms with van der Waals surface area (Å²) in [6.07, 6.45) is 2.09. The zero-order valence-corrected chi connectivity index (χ0v) is 10.8. The van der Waals surface area contributed by atoms with Gasteiger partial charge in [0.15, 0.2) is 0 Å². The molecule has 2 aromatic carbocycles. The van der Waals surface area contributed by atoms with E-state index in [1.807, 2.05) is 13.0 Å². The maximum atomic E-state index is 5.95. The van der Waals surface area contributed by atoms with E-state index in [0.717, 1.165) is 12.8 Å². The van der Waals surface area contributed by atoms with Crippen LogP contribution in [0.15, 0.2) is 54.6 Å². The molecule has 0 saturated carbocycles. The summed E-state index contributed by atoms with van der Waals surface area (Å²) in [5.41, 5.74) is 3.90. The molecule has 0 N–H and O–H groups in total. The number of alkyl halides is 1. The topological polar surface area (TPSA) is 0 Å². The molecule has 0 aromatic heterocycles. The highest BCUT2D eigenvalue weighted by Gasteiger charge is 2.00. The Balaban J connectivity index is 2.08. The Morgan fingerprint density at radius 1 is 0.882 bits per heavy atom. The molecule has 17 heavy (non-hydrogen) atoms. The number of rotatable bonds is 4. The Hall–Kier alpha value is -1.27. The number of hydrogen-bond acceptors (Lipinski definition) is 0. The lowest BCUT2D eigenvalue weighted by Crippen LogP contribution is -1.94. The first-order valence-corrected chi connectivity index (χ1v) is 6.48. The van der Waals surface area contributed by atoms with Gasteiger partial charge in [-0.15, -0.1) is 11.6 Å². The van der Waals surface area contributed by atoms with E-state index in [1.54, 1.807) is 0 Å². The van der Waals surface area contributed by atoms with Crippen LogP contribution >= 0.6 is 11.6 Å². The van der Waals surface area contributed by atoms with Gasteiger partial charge in [-0.05, 0) is 36.5 Å². The zero-order valence-electron chi connectivity index (χ0n) is 10.1. The fourth-order valence-corrected chi connectivity index (χ4v) is 1.97. The summed E-state index contributed by atoms with van der Waals surface area (Å²) in [5.74, 6) is 0. The molecule has 0 aliphatic carbocycles. The Morgan fingerprint density at radius 3 is 2.06 bits per heavy atom. The predicted octanol–water partition coefficient (Wildman–Crippen LogP) is 4.91. The van der Waals surface area contributed by atoms with E-state index in [9.17, 15) is 0 Å². The molecule has 1 atom stereocenters. The van der Waals surface area contributed by atoms with Crippen LogP contribution < -0.4 is 0 Å². The van der Waals surface area contributed by atoms with Gasteiger partial charge >= 0.3 is 0 Å². The summed E-state index contributed by atoms with van der Waals surface area (Å²) >= 11 is 5.95. The first-order chi connectivity index (χ1) is 8.25. The quantitative estimate of drug-likeness (QED) is 0.670. The summed E-state index contributed by atoms with van der Waals surface area (Å²) in [6, 6.07) is 19.2. The average molecular weight is 245 g/mol. The zero-order chi connectivity index (χ0) is 12.1. The van der Waals surface area contributed by atoms with Crippen LogP contribution in [-0.4, -0.2) is 5.38 Å². The van der Waals surface area contributed by atoms with Crippen molar-refractivity contribution >= 4 is 11.6 Å². The van der Waals surface area contributed by atoms with Crippen LogP contribution in [0.1, 0.15) is 18.9 Å². The lowest BCUT2D eigenvalue weighted by Gasteiger charge is -2.05. The van der Waals surface area contributed by atoms with Crippen molar-refractivity contribution in [2.24, 2.45) is 0 Å². The lowest BCUT2D eigenvalue weighted by atomic mass is 10.0. The Kier molecular flexibility index (Phi) is 4.22. The van der Waals surface area contributed by atoms with E-state index in [1.165, 1.54) is 16.7 Å². The monoisotopic (exact) mass is 244 g/mol. The van der Waals surface area contributed by atoms with E-state index in [4.69, 9.17) is 11.6 Å². The molecular weight excluding hydrogens is 228 g/mol. The molecule has 1 heteroatoms. The number of hydrogen-bond donors (Lipinski definition) is 0. The second-order valence-corrected chi connectivity index (χ2v) is 5.13. The molecule has 0 aliphatic heterocycles. The van der Waals surface area contributed by atoms with Crippen LogP contribution in [0.3, 0.4) is 0 Å². The second-order valence-electron chi connectivity index (χ2n) is 4.38. The predicted molar refractivity (Wildman–Crippen MR) is 75.5 cm³/mol. The summed E-state index contributed by atoms with van der Waals surface area (Å²) in [6.45, 7) is 2.04. The standard InChI is InChI=1S/C16H17Cl/c1-13(17)7-8-14-9-11-16(12-10-14)15-5-3-2-4-6-15/h2-6,9-13H,7-8H2,1H3. The molecule has 0 amide bonds. The molecule has 0 nitrogen and oxygen atoms in total. The van der Waals surface area contributed by atoms with Gasteiger partial charge in [0.05, 0.1) is 0 Å². The number of halogens is 1. The highest BCUT2D eigenvalue weighted by atomic mass is 35.5. The third kappa shape index (κ3) is 3.61. The fraction of sp³-hybridized carbons (Fsp3) is 0.250. The van der Waals surface area contributed by atoms with Crippen LogP contribution in [0.2, 0.25) is 0 Å². The van der Waals surface area contributed by atoms with Crippen molar-refractivity contribution in [1.29, 1.82) is 0 Å². The van der Waals surface area contributed by atoms with Gasteiger partial charge in [0.1, 0.15) is 0 Å². The molecule has 0 spiro atoms. The Labute approximate surface area is 108 Å². The van der Waals surface area contributed by atoms with Gasteiger partial charge in [-0.3, -0.25) is 0 Å². The average Bonchev–Trinajstić information content (AvgIpc) is 2.38. The van der Waals surface area contributed by atoms with Crippen molar-refractivity contribution in [2.45, 2.75) is 25.1 Å². The molecule has 1 unspecified atom stereocenters. The van der Waals surface area contributed by atoms with E-state index in [0.29, 0.717) is 0 Å². The molecule has 0 radical (unpaired) electrons. The summed E-state index contributed by atoms with van der Waals surface area (Å²) in [5, 5.41) is 0.254. The molecular formula is C16H17Cl. The van der Waals surface area contributed by atoms with Crippen molar-refractivity contribution in [3.63, 3.8) is 0 Å². The van der Waals surface area contributed by atoms with Crippen molar-refractivity contribution in [3.05, 3.63) is 60.2 Å². The van der Waals surface area contributed by atoms with Gasteiger partial charge in [0, 0.05) is 5.38 Å². The molecule has 0 aliphatic rings. The lowest BCUT2D eigenvalue weighted by molar-refractivity contribution is 0.803. The largest absolute Gasteiger partial charge is 0.123 e. The highest BCUT2D eigenvalue weighted by molar-refractivity contribution is 6.20. The summed E-state index contributed by atoms with van der Waals surface area (Å²) < 4.78 is 0. The Morgan fingerprint density at radius 2 is 1.47 bits per heavy atom. The van der Waals surface area contributed by atoms with Crippen LogP contribution in [-0.2, 0) is 6.42 Å². The number of aryl methyl sites for hydroxylation is 1. The summed E-state index contributed by atoms with van der Waals surface area (Å²) in [7, 11) is 0. The highest BCUT2D eigenvalue weighted by Crippen LogP contribution is 2.20. The second kappa shape index (κ2) is 5.88. The molecule has 0 heterocycles. The van der Waals surface area contributed by atoms with Crippen LogP contribution in [0.4, 0.5) is 0 Å². The third-order valence-electron chi connectivity index (χ3n) is 2.89. The van der Waals surface area contributed by atoms with Crippen molar-refractivity contribution < 1.29 is 0 Å². The molecule has 0 fully saturated rings. The van der Waals surface area contributed by atoms with Gasteiger partial charge in [-0.25, -0.2) is 0 Å². The van der Waals surface area contributed by atoms with Crippen molar-refractivity contribution in [1.82, 2.24) is 0 Å². The van der Waals surface area contributed by atoms with Gasteiger partial charge in [-0.1, -0.05) is 54.6 Å². The molecule has 2 aromatic rings. The van der Waals surface area contributed by atoms with E-state index in [2.05, 4.69) is 48.5 Å². The molecule has 0 saturated heterocycles. The first kappa shape index (κ1) is 12.2. The van der Waals surface area contributed by atoms with Gasteiger partial charge in [0.25, 0.3) is 0 Å². The van der Waals surface area contributed by atoms with Gasteiger partial charge in [0.2, 0.25) is 0 Å². The fourth-order valence-electron chi connectivity index (χ4n) is 1.86. The number of benzene rings is 2. The smallest absolute Gasteiger partial charge is 0.0311 e. The molecule has 0 bridgehead atoms. The normalized spacial score (nSPS) is 12.4. The SMILES string of the molecule is CC(Cl)CCc1ccc(-c2ccccc2)cc1. The van der Waals surface area contributed by atoms with E-state index in [-0.39, 0.29) is 5.38 Å². The van der Waals surface area contributed by atoms with Gasteiger partial charge in [-0.2, -0.15) is 0 Å². The van der Waals surface area contributed by atoms with Gasteiger partial charge < -0.3 is 0 Å². The molecule has 2 rings (SSSR count). The minimum atomic E-state index is 0.254. The minimum absolute atomic E-state index is 0.254. The molecule has 88 valence electrons. The Bertz CT molecular complexity index is 443. The maximum absolute atomic E-state index is 5.95. The van der Waals surface area contributed by atoms with E-state index >= 15 is 0 Å². The van der Waals surface area contributed by atoms with E-state index < -0.39 is 0 Å². The van der Waals surface area contributed by atoms with Crippen molar-refractivity contribution in [2.75, 3.05) is 0 Å². The van der Waals surface area contributed by atoms with Crippen LogP contribution in [0, 0.1) is 0 Å². The third-order valence-corrected chi connectivity index (χ3v) is 3.11. The minimum Gasteiger partial charge on any atom is -0.123 e. The van der Waals surface area contributed by atoms with Crippen LogP contribution in [0.25, 0.3) is 11.1 Å². The summed E-state index contributed by atoms with van der Waals surface area (Å²) in [4.78, 5) is 0.